The van der Waals surface area contributed by atoms with Gasteiger partial charge in [-0.1, -0.05) is 0 Å². The number of allylic oxidation sites excluding steroid dienone is 1. The van der Waals surface area contributed by atoms with Crippen LogP contribution in [0.2, 0.25) is 0 Å². The molecule has 0 aromatic rings. The number of nitrogens with one attached hydrogen (secondary N) is 4. The molecule has 0 aromatic carbocycles. The van der Waals surface area contributed by atoms with Gasteiger partial charge >= 0.3 is 0 Å². The van der Waals surface area contributed by atoms with Crippen molar-refractivity contribution in [1.82, 2.24) is 26.4 Å². The van der Waals surface area contributed by atoms with Gasteiger partial charge in [0.2, 0.25) is 0 Å². The lowest BCUT2D eigenvalue weighted by Crippen LogP contribution is -2.40. The van der Waals surface area contributed by atoms with Gasteiger partial charge in [0.15, 0.2) is 0 Å². The summed E-state index contributed by atoms with van der Waals surface area (Å²) in [7, 11) is 3.73. The average Bonchev–Trinajstić information content (AvgIpc) is 2.88. The first-order chi connectivity index (χ1) is 8.83. The maximum Gasteiger partial charge on any atom is 0.120 e. The lowest BCUT2D eigenvalue weighted by Gasteiger charge is -2.25. The van der Waals surface area contributed by atoms with E-state index >= 15 is 0 Å². The fraction of sp³-hybridized carbons (Fsp3) is 0.667. The van der Waals surface area contributed by atoms with Crippen LogP contribution >= 0.6 is 0 Å². The molecule has 1 saturated heterocycles. The van der Waals surface area contributed by atoms with E-state index in [1.165, 1.54) is 12.1 Å². The van der Waals surface area contributed by atoms with Gasteiger partial charge in [-0.15, -0.1) is 0 Å². The molecule has 0 unspecified atom stereocenters. The summed E-state index contributed by atoms with van der Waals surface area (Å²) in [6, 6.07) is 0.596. The molecule has 0 amide bonds. The molecular weight excluding hydrogens is 230 g/mol. The van der Waals surface area contributed by atoms with Crippen LogP contribution in [0.15, 0.2) is 23.8 Å². The number of likely N-dealkylation sites (tertiary alicyclic amines) is 1. The second kappa shape index (κ2) is 6.51. The van der Waals surface area contributed by atoms with E-state index in [1.807, 2.05) is 13.2 Å². The summed E-state index contributed by atoms with van der Waals surface area (Å²) in [5.41, 5.74) is 7.37. The van der Waals surface area contributed by atoms with Crippen LogP contribution in [-0.2, 0) is 4.74 Å². The van der Waals surface area contributed by atoms with Gasteiger partial charge in [-0.3, -0.25) is 5.43 Å². The summed E-state index contributed by atoms with van der Waals surface area (Å²) < 4.78 is 5.02. The second-order valence-electron chi connectivity index (χ2n) is 4.54. The number of ether oxygens (including phenoxy) is 1. The largest absolute Gasteiger partial charge is 0.383 e. The van der Waals surface area contributed by atoms with E-state index in [0.717, 1.165) is 25.5 Å². The Hall–Kier alpha value is -1.40. The summed E-state index contributed by atoms with van der Waals surface area (Å²) in [5.74, 6) is 0.984. The van der Waals surface area contributed by atoms with E-state index < -0.39 is 0 Å². The third kappa shape index (κ3) is 3.30. The molecule has 0 bridgehead atoms. The van der Waals surface area contributed by atoms with Gasteiger partial charge in [-0.25, -0.2) is 0 Å². The molecule has 6 heteroatoms. The van der Waals surface area contributed by atoms with Crippen molar-refractivity contribution in [3.63, 3.8) is 0 Å². The number of rotatable bonds is 6. The van der Waals surface area contributed by atoms with Gasteiger partial charge in [0.1, 0.15) is 5.82 Å². The number of nitrogens with zero attached hydrogens (tertiary/aromatic N) is 1. The molecular formula is C12H23N5O. The molecule has 0 radical (unpaired) electrons. The van der Waals surface area contributed by atoms with Gasteiger partial charge < -0.3 is 25.7 Å². The van der Waals surface area contributed by atoms with Crippen molar-refractivity contribution < 1.29 is 4.74 Å². The van der Waals surface area contributed by atoms with Gasteiger partial charge in [0, 0.05) is 45.1 Å². The highest BCUT2D eigenvalue weighted by atomic mass is 16.5. The SMILES string of the molecule is CN[C@H]1CCN(C2=CNNC(NCCOC)=C2)C1. The van der Waals surface area contributed by atoms with Gasteiger partial charge in [-0.2, -0.15) is 0 Å². The topological polar surface area (TPSA) is 60.6 Å². The molecule has 0 spiro atoms. The van der Waals surface area contributed by atoms with Crippen molar-refractivity contribution >= 4 is 0 Å². The molecule has 1 atom stereocenters. The smallest absolute Gasteiger partial charge is 0.120 e. The first-order valence-corrected chi connectivity index (χ1v) is 6.42. The van der Waals surface area contributed by atoms with Crippen LogP contribution in [0.5, 0.6) is 0 Å². The van der Waals surface area contributed by atoms with Crippen LogP contribution in [-0.4, -0.2) is 51.3 Å². The van der Waals surface area contributed by atoms with Gasteiger partial charge in [0.05, 0.1) is 12.3 Å². The minimum Gasteiger partial charge on any atom is -0.383 e. The minimum absolute atomic E-state index is 0.596. The Morgan fingerprint density at radius 3 is 3.17 bits per heavy atom. The fourth-order valence-electron chi connectivity index (χ4n) is 2.21. The molecule has 2 heterocycles. The first kappa shape index (κ1) is 13.0. The molecule has 4 N–H and O–H groups in total. The predicted molar refractivity (Wildman–Crippen MR) is 71.4 cm³/mol. The van der Waals surface area contributed by atoms with Crippen molar-refractivity contribution in [2.75, 3.05) is 40.4 Å². The lowest BCUT2D eigenvalue weighted by molar-refractivity contribution is 0.201. The van der Waals surface area contributed by atoms with E-state index in [1.54, 1.807) is 7.11 Å². The summed E-state index contributed by atoms with van der Waals surface area (Å²) in [6.07, 6.45) is 5.32. The van der Waals surface area contributed by atoms with Crippen LogP contribution in [0, 0.1) is 0 Å². The van der Waals surface area contributed by atoms with E-state index in [2.05, 4.69) is 32.5 Å². The molecule has 2 aliphatic rings. The van der Waals surface area contributed by atoms with E-state index in [-0.39, 0.29) is 0 Å². The molecule has 1 fully saturated rings. The quantitative estimate of drug-likeness (QED) is 0.470. The second-order valence-corrected chi connectivity index (χ2v) is 4.54. The van der Waals surface area contributed by atoms with Crippen molar-refractivity contribution in [2.24, 2.45) is 0 Å². The standard InChI is InChI=1S/C12H23N5O/c1-13-10-3-5-17(9-10)11-7-12(16-15-8-11)14-4-6-18-2/h7-8,10,13-16H,3-6,9H2,1-2H3/t10-/m0/s1. The zero-order chi connectivity index (χ0) is 12.8. The fourth-order valence-corrected chi connectivity index (χ4v) is 2.21. The summed E-state index contributed by atoms with van der Waals surface area (Å²) in [5, 5.41) is 6.61. The van der Waals surface area contributed by atoms with E-state index in [0.29, 0.717) is 12.6 Å². The summed E-state index contributed by atoms with van der Waals surface area (Å²) >= 11 is 0. The molecule has 6 nitrogen and oxygen atoms in total. The minimum atomic E-state index is 0.596. The van der Waals surface area contributed by atoms with Crippen molar-refractivity contribution in [2.45, 2.75) is 12.5 Å². The highest BCUT2D eigenvalue weighted by Crippen LogP contribution is 2.17. The van der Waals surface area contributed by atoms with Crippen molar-refractivity contribution in [3.05, 3.63) is 23.8 Å². The number of hydrogen-bond donors (Lipinski definition) is 4. The number of hydrogen-bond acceptors (Lipinski definition) is 6. The highest BCUT2D eigenvalue weighted by Gasteiger charge is 2.22. The van der Waals surface area contributed by atoms with Crippen LogP contribution in [0.1, 0.15) is 6.42 Å². The predicted octanol–water partition coefficient (Wildman–Crippen LogP) is -0.693. The Morgan fingerprint density at radius 1 is 1.56 bits per heavy atom. The maximum atomic E-state index is 5.02. The molecule has 102 valence electrons. The highest BCUT2D eigenvalue weighted by molar-refractivity contribution is 5.24. The Bertz CT molecular complexity index is 328. The Labute approximate surface area is 108 Å². The number of hydrazine groups is 1. The number of likely N-dealkylation sites (N-methyl/N-ethyl adjacent to an activating group) is 1. The monoisotopic (exact) mass is 253 g/mol. The maximum absolute atomic E-state index is 5.02. The van der Waals surface area contributed by atoms with Crippen molar-refractivity contribution in [3.8, 4) is 0 Å². The third-order valence-corrected chi connectivity index (χ3v) is 3.30. The molecule has 0 aliphatic carbocycles. The molecule has 18 heavy (non-hydrogen) atoms. The van der Waals surface area contributed by atoms with Crippen LogP contribution in [0.4, 0.5) is 0 Å². The lowest BCUT2D eigenvalue weighted by atomic mass is 10.3. The third-order valence-electron chi connectivity index (χ3n) is 3.30. The Kier molecular flexibility index (Phi) is 4.72. The van der Waals surface area contributed by atoms with Gasteiger partial charge in [0.25, 0.3) is 0 Å². The Morgan fingerprint density at radius 2 is 2.44 bits per heavy atom. The molecule has 0 aromatic heterocycles. The van der Waals surface area contributed by atoms with Crippen LogP contribution in [0.25, 0.3) is 0 Å². The van der Waals surface area contributed by atoms with E-state index in [9.17, 15) is 0 Å². The van der Waals surface area contributed by atoms with Crippen molar-refractivity contribution in [1.29, 1.82) is 0 Å². The van der Waals surface area contributed by atoms with Crippen LogP contribution < -0.4 is 21.5 Å². The zero-order valence-electron chi connectivity index (χ0n) is 11.1. The summed E-state index contributed by atoms with van der Waals surface area (Å²) in [4.78, 5) is 2.38. The molecule has 0 saturated carbocycles. The molecule has 2 aliphatic heterocycles. The Balaban J connectivity index is 1.87. The molecule has 2 rings (SSSR count). The van der Waals surface area contributed by atoms with E-state index in [4.69, 9.17) is 4.74 Å². The van der Waals surface area contributed by atoms with Crippen LogP contribution in [0.3, 0.4) is 0 Å². The zero-order valence-corrected chi connectivity index (χ0v) is 11.1. The summed E-state index contributed by atoms with van der Waals surface area (Å²) in [6.45, 7) is 3.65. The first-order valence-electron chi connectivity index (χ1n) is 6.42. The van der Waals surface area contributed by atoms with Gasteiger partial charge in [-0.05, 0) is 13.5 Å². The normalized spacial score (nSPS) is 23.0. The number of methoxy groups -OCH3 is 1. The average molecular weight is 253 g/mol.